The average molecular weight is 319 g/mol. The Morgan fingerprint density at radius 1 is 1.09 bits per heavy atom. The number of likely N-dealkylation sites (N-methyl/N-ethyl adjacent to an activating group) is 1. The van der Waals surface area contributed by atoms with Crippen LogP contribution in [0.5, 0.6) is 0 Å². The number of amides is 3. The molecule has 0 aliphatic rings. The Morgan fingerprint density at radius 2 is 1.65 bits per heavy atom. The van der Waals surface area contributed by atoms with Gasteiger partial charge in [-0.3, -0.25) is 14.4 Å². The molecule has 1 aromatic rings. The van der Waals surface area contributed by atoms with E-state index in [2.05, 4.69) is 36.7 Å². The highest BCUT2D eigenvalue weighted by Gasteiger charge is 2.18. The van der Waals surface area contributed by atoms with Crippen molar-refractivity contribution >= 4 is 17.7 Å². The molecule has 1 aromatic carbocycles. The van der Waals surface area contributed by atoms with Gasteiger partial charge in [0.1, 0.15) is 6.04 Å². The van der Waals surface area contributed by atoms with E-state index >= 15 is 0 Å². The lowest BCUT2D eigenvalue weighted by Gasteiger charge is -2.19. The summed E-state index contributed by atoms with van der Waals surface area (Å²) >= 11 is 0. The van der Waals surface area contributed by atoms with Gasteiger partial charge in [-0.05, 0) is 30.0 Å². The third-order valence-corrected chi connectivity index (χ3v) is 3.46. The monoisotopic (exact) mass is 319 g/mol. The molecule has 0 aliphatic carbocycles. The van der Waals surface area contributed by atoms with Crippen molar-refractivity contribution in [3.63, 3.8) is 0 Å². The maximum atomic E-state index is 12.1. The summed E-state index contributed by atoms with van der Waals surface area (Å²) in [5.41, 5.74) is 1.64. The molecule has 1 atom stereocenters. The van der Waals surface area contributed by atoms with E-state index in [0.29, 0.717) is 5.56 Å². The van der Waals surface area contributed by atoms with Gasteiger partial charge >= 0.3 is 0 Å². The van der Waals surface area contributed by atoms with Gasteiger partial charge in [-0.2, -0.15) is 0 Å². The second kappa shape index (κ2) is 7.76. The van der Waals surface area contributed by atoms with Gasteiger partial charge in [-0.1, -0.05) is 32.9 Å². The topological polar surface area (TPSA) is 87.3 Å². The maximum Gasteiger partial charge on any atom is 0.251 e. The molecule has 0 heterocycles. The lowest BCUT2D eigenvalue weighted by atomic mass is 9.86. The predicted molar refractivity (Wildman–Crippen MR) is 89.1 cm³/mol. The Morgan fingerprint density at radius 3 is 2.13 bits per heavy atom. The van der Waals surface area contributed by atoms with Crippen LogP contribution in [0.1, 0.15) is 43.6 Å². The van der Waals surface area contributed by atoms with Crippen LogP contribution in [0.3, 0.4) is 0 Å². The van der Waals surface area contributed by atoms with E-state index in [4.69, 9.17) is 0 Å². The van der Waals surface area contributed by atoms with Crippen molar-refractivity contribution < 1.29 is 14.4 Å². The van der Waals surface area contributed by atoms with Gasteiger partial charge in [0.25, 0.3) is 5.91 Å². The van der Waals surface area contributed by atoms with Crippen molar-refractivity contribution in [1.82, 2.24) is 16.0 Å². The van der Waals surface area contributed by atoms with E-state index in [1.807, 2.05) is 12.1 Å². The van der Waals surface area contributed by atoms with E-state index in [-0.39, 0.29) is 23.8 Å². The van der Waals surface area contributed by atoms with Gasteiger partial charge in [0.15, 0.2) is 0 Å². The Hall–Kier alpha value is -2.37. The minimum absolute atomic E-state index is 0.0159. The van der Waals surface area contributed by atoms with E-state index in [1.54, 1.807) is 19.1 Å². The van der Waals surface area contributed by atoms with Gasteiger partial charge < -0.3 is 16.0 Å². The molecule has 0 fully saturated rings. The number of rotatable bonds is 5. The van der Waals surface area contributed by atoms with Gasteiger partial charge in [0.2, 0.25) is 11.8 Å². The lowest BCUT2D eigenvalue weighted by molar-refractivity contribution is -0.126. The third-order valence-electron chi connectivity index (χ3n) is 3.46. The van der Waals surface area contributed by atoms with Crippen LogP contribution < -0.4 is 16.0 Å². The van der Waals surface area contributed by atoms with Gasteiger partial charge in [0.05, 0.1) is 6.54 Å². The van der Waals surface area contributed by atoms with E-state index in [1.165, 1.54) is 7.05 Å². The lowest BCUT2D eigenvalue weighted by Crippen LogP contribution is -2.47. The fraction of sp³-hybridized carbons (Fsp3) is 0.471. The smallest absolute Gasteiger partial charge is 0.251 e. The highest BCUT2D eigenvalue weighted by molar-refractivity contribution is 5.97. The zero-order chi connectivity index (χ0) is 17.6. The number of carbonyl (C=O) groups is 3. The number of hydrogen-bond acceptors (Lipinski definition) is 3. The Balaban J connectivity index is 2.61. The largest absolute Gasteiger partial charge is 0.358 e. The van der Waals surface area contributed by atoms with Crippen LogP contribution in [-0.4, -0.2) is 37.4 Å². The Kier molecular flexibility index (Phi) is 6.30. The molecular weight excluding hydrogens is 294 g/mol. The van der Waals surface area contributed by atoms with Crippen LogP contribution in [0, 0.1) is 0 Å². The van der Waals surface area contributed by atoms with E-state index in [0.717, 1.165) is 5.56 Å². The summed E-state index contributed by atoms with van der Waals surface area (Å²) in [4.78, 5) is 35.0. The minimum Gasteiger partial charge on any atom is -0.358 e. The fourth-order valence-electron chi connectivity index (χ4n) is 1.88. The highest BCUT2D eigenvalue weighted by Crippen LogP contribution is 2.22. The van der Waals surface area contributed by atoms with Crippen molar-refractivity contribution in [2.75, 3.05) is 13.6 Å². The third kappa shape index (κ3) is 5.73. The van der Waals surface area contributed by atoms with Gasteiger partial charge in [0, 0.05) is 12.6 Å². The fourth-order valence-corrected chi connectivity index (χ4v) is 1.88. The van der Waals surface area contributed by atoms with Crippen LogP contribution in [-0.2, 0) is 15.0 Å². The zero-order valence-electron chi connectivity index (χ0n) is 14.3. The molecule has 6 heteroatoms. The van der Waals surface area contributed by atoms with Crippen LogP contribution >= 0.6 is 0 Å². The second-order valence-electron chi connectivity index (χ2n) is 6.41. The number of nitrogens with one attached hydrogen (secondary N) is 3. The standard InChI is InChI=1S/C17H25N3O3/c1-11(15(22)19-10-14(21)18-5)20-16(23)12-6-8-13(9-7-12)17(2,3)4/h6-9,11H,10H2,1-5H3,(H,18,21)(H,19,22)(H,20,23). The summed E-state index contributed by atoms with van der Waals surface area (Å²) in [6.45, 7) is 7.75. The maximum absolute atomic E-state index is 12.1. The average Bonchev–Trinajstić information content (AvgIpc) is 2.51. The molecule has 3 amide bonds. The molecule has 3 N–H and O–H groups in total. The molecule has 6 nitrogen and oxygen atoms in total. The molecule has 23 heavy (non-hydrogen) atoms. The first kappa shape index (κ1) is 18.7. The van der Waals surface area contributed by atoms with Crippen LogP contribution in [0.4, 0.5) is 0 Å². The molecule has 0 aromatic heterocycles. The molecule has 0 spiro atoms. The SMILES string of the molecule is CNC(=O)CNC(=O)C(C)NC(=O)c1ccc(C(C)(C)C)cc1. The number of carbonyl (C=O) groups excluding carboxylic acids is 3. The molecule has 126 valence electrons. The summed E-state index contributed by atoms with van der Waals surface area (Å²) in [6.07, 6.45) is 0. The molecule has 0 bridgehead atoms. The first-order valence-corrected chi connectivity index (χ1v) is 7.55. The van der Waals surface area contributed by atoms with Crippen molar-refractivity contribution in [3.8, 4) is 0 Å². The zero-order valence-corrected chi connectivity index (χ0v) is 14.3. The van der Waals surface area contributed by atoms with Crippen LogP contribution in [0.15, 0.2) is 24.3 Å². The van der Waals surface area contributed by atoms with Crippen LogP contribution in [0.2, 0.25) is 0 Å². The summed E-state index contributed by atoms with van der Waals surface area (Å²) in [5.74, 6) is -1.03. The van der Waals surface area contributed by atoms with Crippen molar-refractivity contribution in [2.24, 2.45) is 0 Å². The summed E-state index contributed by atoms with van der Waals surface area (Å²) in [6, 6.07) is 6.57. The molecule has 0 saturated carbocycles. The van der Waals surface area contributed by atoms with Gasteiger partial charge in [-0.15, -0.1) is 0 Å². The summed E-state index contributed by atoms with van der Waals surface area (Å²) in [7, 11) is 1.49. The molecule has 0 radical (unpaired) electrons. The summed E-state index contributed by atoms with van der Waals surface area (Å²) < 4.78 is 0. The van der Waals surface area contributed by atoms with Crippen molar-refractivity contribution in [3.05, 3.63) is 35.4 Å². The number of hydrogen-bond donors (Lipinski definition) is 3. The van der Waals surface area contributed by atoms with E-state index < -0.39 is 11.9 Å². The molecule has 0 saturated heterocycles. The first-order valence-electron chi connectivity index (χ1n) is 7.55. The minimum atomic E-state index is -0.727. The van der Waals surface area contributed by atoms with E-state index in [9.17, 15) is 14.4 Å². The van der Waals surface area contributed by atoms with Gasteiger partial charge in [-0.25, -0.2) is 0 Å². The van der Waals surface area contributed by atoms with Crippen LogP contribution in [0.25, 0.3) is 0 Å². The Labute approximate surface area is 137 Å². The quantitative estimate of drug-likeness (QED) is 0.755. The number of benzene rings is 1. The highest BCUT2D eigenvalue weighted by atomic mass is 16.2. The Bertz CT molecular complexity index is 574. The molecule has 1 rings (SSSR count). The molecule has 1 unspecified atom stereocenters. The van der Waals surface area contributed by atoms with Crippen molar-refractivity contribution in [1.29, 1.82) is 0 Å². The van der Waals surface area contributed by atoms with Crippen molar-refractivity contribution in [2.45, 2.75) is 39.2 Å². The summed E-state index contributed by atoms with van der Waals surface area (Å²) in [5, 5.41) is 7.47. The molecular formula is C17H25N3O3. The first-order chi connectivity index (χ1) is 10.6. The normalized spacial score (nSPS) is 12.2. The second-order valence-corrected chi connectivity index (χ2v) is 6.41. The predicted octanol–water partition coefficient (Wildman–Crippen LogP) is 0.965. The molecule has 0 aliphatic heterocycles.